The molecule has 0 aliphatic carbocycles. The Bertz CT molecular complexity index is 209. The van der Waals surface area contributed by atoms with E-state index in [-0.39, 0.29) is 17.0 Å². The molecule has 0 spiro atoms. The van der Waals surface area contributed by atoms with E-state index in [2.05, 4.69) is 10.1 Å². The van der Waals surface area contributed by atoms with Crippen LogP contribution in [0.4, 0.5) is 0 Å². The summed E-state index contributed by atoms with van der Waals surface area (Å²) in [5, 5.41) is 13.2. The molecule has 10 heavy (non-hydrogen) atoms. The van der Waals surface area contributed by atoms with Gasteiger partial charge in [0.2, 0.25) is 11.2 Å². The van der Waals surface area contributed by atoms with Crippen LogP contribution in [-0.2, 0) is 0 Å². The summed E-state index contributed by atoms with van der Waals surface area (Å²) in [6.07, 6.45) is 0. The summed E-state index contributed by atoms with van der Waals surface area (Å²) in [5.41, 5.74) is 3.29. The number of halogens is 1. The van der Waals surface area contributed by atoms with E-state index in [4.69, 9.17) is 5.21 Å². The van der Waals surface area contributed by atoms with Crippen molar-refractivity contribution in [3.63, 3.8) is 0 Å². The number of aromatic nitrogens is 1. The molecule has 5 heteroatoms. The summed E-state index contributed by atoms with van der Waals surface area (Å²) in [7, 11) is 0. The number of nitrogens with one attached hydrogen (secondary N) is 1. The molecule has 0 amide bonds. The smallest absolute Gasteiger partial charge is 0.239 e. The van der Waals surface area contributed by atoms with Crippen molar-refractivity contribution >= 4 is 17.0 Å². The van der Waals surface area contributed by atoms with E-state index >= 15 is 0 Å². The summed E-state index contributed by atoms with van der Waals surface area (Å²) < 4.78 is 0. The largest absolute Gasteiger partial charge is 1.00 e. The second-order valence-electron chi connectivity index (χ2n) is 1.62. The summed E-state index contributed by atoms with van der Waals surface area (Å²) in [5.74, 6) is 0. The van der Waals surface area contributed by atoms with Crippen molar-refractivity contribution in [2.75, 3.05) is 0 Å². The summed E-state index contributed by atoms with van der Waals surface area (Å²) in [6, 6.07) is 0. The first-order valence-corrected chi connectivity index (χ1v) is 3.42. The number of hydrogen-bond donors (Lipinski definition) is 1. The van der Waals surface area contributed by atoms with Crippen LogP contribution in [0.2, 0.25) is 0 Å². The topological polar surface area (TPSA) is 46.7 Å². The van der Waals surface area contributed by atoms with E-state index in [0.717, 1.165) is 5.69 Å². The fourth-order valence-electron chi connectivity index (χ4n) is 0.477. The van der Waals surface area contributed by atoms with Gasteiger partial charge in [-0.3, -0.25) is 0 Å². The third-order valence-corrected chi connectivity index (χ3v) is 1.63. The molecule has 0 aliphatic rings. The van der Waals surface area contributed by atoms with Crippen LogP contribution in [0.15, 0.2) is 16.0 Å². The Morgan fingerprint density at radius 3 is 2.90 bits per heavy atom. The zero-order valence-electron chi connectivity index (χ0n) is 5.34. The first-order chi connectivity index (χ1) is 4.34. The maximum Gasteiger partial charge on any atom is 0.239 e. The van der Waals surface area contributed by atoms with Crippen molar-refractivity contribution in [1.29, 1.82) is 0 Å². The third-order valence-electron chi connectivity index (χ3n) is 1.01. The Morgan fingerprint density at radius 1 is 1.80 bits per heavy atom. The van der Waals surface area contributed by atoms with Gasteiger partial charge in [-0.05, 0) is 6.92 Å². The summed E-state index contributed by atoms with van der Waals surface area (Å²) in [6.45, 7) is 1.73. The van der Waals surface area contributed by atoms with Crippen LogP contribution in [0, 0.1) is 0 Å². The van der Waals surface area contributed by atoms with Crippen LogP contribution < -0.4 is 22.0 Å². The van der Waals surface area contributed by atoms with Crippen LogP contribution in [0.25, 0.3) is 0 Å². The maximum atomic E-state index is 8.28. The molecule has 0 radical (unpaired) electrons. The first-order valence-electron chi connectivity index (χ1n) is 2.47. The molecule has 2 N–H and O–H groups in total. The minimum absolute atomic E-state index is 0. The minimum Gasteiger partial charge on any atom is -1.00 e. The van der Waals surface area contributed by atoms with Crippen LogP contribution in [0.1, 0.15) is 12.6 Å². The first kappa shape index (κ1) is 9.58. The highest BCUT2D eigenvalue weighted by molar-refractivity contribution is 7.07. The standard InChI is InChI=1S/C5H6N2OS.BrH/c1-4(7-8)5-2-9-3-6-5;/h2-3,8H,1H3;1H/b7-4+;. The maximum absolute atomic E-state index is 8.28. The van der Waals surface area contributed by atoms with E-state index in [9.17, 15) is 0 Å². The van der Waals surface area contributed by atoms with Gasteiger partial charge in [0.15, 0.2) is 0 Å². The molecule has 56 valence electrons. The fourth-order valence-corrected chi connectivity index (χ4v) is 1.11. The molecule has 1 aromatic heterocycles. The molecule has 0 saturated carbocycles. The number of hydrogen-bond acceptors (Lipinski definition) is 3. The van der Waals surface area contributed by atoms with Gasteiger partial charge in [0.25, 0.3) is 0 Å². The van der Waals surface area contributed by atoms with Gasteiger partial charge in [0.05, 0.1) is 5.38 Å². The molecule has 0 saturated heterocycles. The van der Waals surface area contributed by atoms with Crippen molar-refractivity contribution in [1.82, 2.24) is 0 Å². The number of rotatable bonds is 1. The van der Waals surface area contributed by atoms with Crippen molar-refractivity contribution in [2.45, 2.75) is 6.92 Å². The second kappa shape index (κ2) is 4.40. The van der Waals surface area contributed by atoms with Crippen LogP contribution >= 0.6 is 11.3 Å². The number of aromatic amines is 1. The molecule has 1 heterocycles. The lowest BCUT2D eigenvalue weighted by atomic mass is 10.3. The number of nitrogens with zero attached hydrogens (tertiary/aromatic N) is 1. The Hall–Kier alpha value is -0.420. The highest BCUT2D eigenvalue weighted by Crippen LogP contribution is 1.96. The van der Waals surface area contributed by atoms with Gasteiger partial charge in [-0.15, -0.1) is 0 Å². The van der Waals surface area contributed by atoms with E-state index in [1.807, 2.05) is 10.9 Å². The van der Waals surface area contributed by atoms with Gasteiger partial charge in [-0.1, -0.05) is 16.5 Å². The van der Waals surface area contributed by atoms with Gasteiger partial charge in [-0.2, -0.15) is 0 Å². The highest BCUT2D eigenvalue weighted by Gasteiger charge is 2.04. The van der Waals surface area contributed by atoms with Gasteiger partial charge in [0.1, 0.15) is 5.71 Å². The van der Waals surface area contributed by atoms with Crippen molar-refractivity contribution in [3.8, 4) is 0 Å². The molecule has 0 fully saturated rings. The monoisotopic (exact) mass is 222 g/mol. The predicted octanol–water partition coefficient (Wildman–Crippen LogP) is -2.24. The zero-order valence-corrected chi connectivity index (χ0v) is 7.74. The van der Waals surface area contributed by atoms with Crippen LogP contribution in [0.5, 0.6) is 0 Å². The molecule has 1 rings (SSSR count). The Labute approximate surface area is 73.2 Å². The Balaban J connectivity index is 0.000000810. The summed E-state index contributed by atoms with van der Waals surface area (Å²) >= 11 is 1.54. The molecule has 0 unspecified atom stereocenters. The van der Waals surface area contributed by atoms with E-state index in [1.54, 1.807) is 6.92 Å². The normalized spacial score (nSPS) is 10.7. The SMILES string of the molecule is C/C(=N\O)c1csc[nH+]1.[Br-]. The molecular formula is C5H7BrN2OS. The van der Waals surface area contributed by atoms with E-state index < -0.39 is 0 Å². The highest BCUT2D eigenvalue weighted by atomic mass is 79.9. The molecule has 3 nitrogen and oxygen atoms in total. The molecule has 0 aromatic carbocycles. The molecule has 0 aliphatic heterocycles. The lowest BCUT2D eigenvalue weighted by molar-refractivity contribution is -0.372. The molecule has 0 bridgehead atoms. The Morgan fingerprint density at radius 2 is 2.50 bits per heavy atom. The average Bonchev–Trinajstić information content (AvgIpc) is 2.37. The number of H-pyrrole nitrogens is 1. The second-order valence-corrected chi connectivity index (χ2v) is 2.36. The van der Waals surface area contributed by atoms with Crippen molar-refractivity contribution < 1.29 is 27.2 Å². The van der Waals surface area contributed by atoms with Gasteiger partial charge < -0.3 is 22.2 Å². The quantitative estimate of drug-likeness (QED) is 0.327. The fraction of sp³-hybridized carbons (Fsp3) is 0.200. The lowest BCUT2D eigenvalue weighted by Gasteiger charge is -1.80. The van der Waals surface area contributed by atoms with Crippen LogP contribution in [0.3, 0.4) is 0 Å². The number of thiazole rings is 1. The lowest BCUT2D eigenvalue weighted by Crippen LogP contribution is -3.00. The minimum atomic E-state index is 0. The van der Waals surface area contributed by atoms with E-state index in [1.165, 1.54) is 11.3 Å². The van der Waals surface area contributed by atoms with E-state index in [0.29, 0.717) is 5.71 Å². The predicted molar refractivity (Wildman–Crippen MR) is 34.9 cm³/mol. The van der Waals surface area contributed by atoms with Gasteiger partial charge in [-0.25, -0.2) is 4.98 Å². The summed E-state index contributed by atoms with van der Waals surface area (Å²) in [4.78, 5) is 2.92. The Kier molecular flexibility index (Phi) is 4.22. The third kappa shape index (κ3) is 2.07. The molecule has 0 atom stereocenters. The zero-order chi connectivity index (χ0) is 6.69. The average molecular weight is 223 g/mol. The number of oxime groups is 1. The van der Waals surface area contributed by atoms with Gasteiger partial charge >= 0.3 is 0 Å². The molecule has 1 aromatic rings. The van der Waals surface area contributed by atoms with Crippen molar-refractivity contribution in [2.24, 2.45) is 5.16 Å². The van der Waals surface area contributed by atoms with Crippen molar-refractivity contribution in [3.05, 3.63) is 16.6 Å². The van der Waals surface area contributed by atoms with Crippen LogP contribution in [-0.4, -0.2) is 10.9 Å². The van der Waals surface area contributed by atoms with Gasteiger partial charge in [0, 0.05) is 0 Å². The molecular weight excluding hydrogens is 216 g/mol.